The van der Waals surface area contributed by atoms with Gasteiger partial charge < -0.3 is 4.98 Å². The maximum Gasteiger partial charge on any atom is 0.186 e. The lowest BCUT2D eigenvalue weighted by Crippen LogP contribution is -2.05. The van der Waals surface area contributed by atoms with Gasteiger partial charge in [0.05, 0.1) is 5.69 Å². The molecule has 0 amide bonds. The molecule has 0 saturated carbocycles. The molecule has 6 rings (SSSR count). The van der Waals surface area contributed by atoms with Gasteiger partial charge in [0.2, 0.25) is 0 Å². The second-order valence-electron chi connectivity index (χ2n) is 10.3. The summed E-state index contributed by atoms with van der Waals surface area (Å²) in [6, 6.07) is 38.9. The number of allylic oxidation sites excluding steroid dienone is 2. The number of hydrogen-bond acceptors (Lipinski definition) is 2. The van der Waals surface area contributed by atoms with E-state index >= 15 is 0 Å². The summed E-state index contributed by atoms with van der Waals surface area (Å²) in [6.07, 6.45) is 7.55. The SMILES string of the molecule is O=C(C=C(c1ccccc1)c1[nH]c2c(c1C(=CC(=O)c1ccccc1)c1ccccc1)CCCC2)c1ccccc1. The normalized spacial score (nSPS) is 13.5. The number of aryl methyl sites for hydroxylation is 1. The molecule has 0 spiro atoms. The van der Waals surface area contributed by atoms with Gasteiger partial charge in [-0.2, -0.15) is 0 Å². The summed E-state index contributed by atoms with van der Waals surface area (Å²) in [5, 5.41) is 0. The van der Waals surface area contributed by atoms with E-state index in [1.807, 2.05) is 109 Å². The number of ketones is 2. The highest BCUT2D eigenvalue weighted by Crippen LogP contribution is 2.40. The van der Waals surface area contributed by atoms with Crippen LogP contribution in [0.1, 0.15) is 67.2 Å². The Labute approximate surface area is 240 Å². The van der Waals surface area contributed by atoms with Gasteiger partial charge in [-0.15, -0.1) is 0 Å². The molecule has 3 heteroatoms. The molecule has 1 N–H and O–H groups in total. The maximum absolute atomic E-state index is 13.7. The van der Waals surface area contributed by atoms with E-state index < -0.39 is 0 Å². The predicted molar refractivity (Wildman–Crippen MR) is 166 cm³/mol. The summed E-state index contributed by atoms with van der Waals surface area (Å²) in [4.78, 5) is 31.0. The second kappa shape index (κ2) is 12.0. The van der Waals surface area contributed by atoms with Crippen molar-refractivity contribution in [1.82, 2.24) is 4.98 Å². The Kier molecular flexibility index (Phi) is 7.68. The molecule has 41 heavy (non-hydrogen) atoms. The molecular formula is C38H31NO2. The predicted octanol–water partition coefficient (Wildman–Crippen LogP) is 8.52. The Morgan fingerprint density at radius 1 is 0.512 bits per heavy atom. The van der Waals surface area contributed by atoms with Gasteiger partial charge in [0.1, 0.15) is 0 Å². The van der Waals surface area contributed by atoms with Crippen LogP contribution in [0.5, 0.6) is 0 Å². The van der Waals surface area contributed by atoms with E-state index in [1.165, 1.54) is 11.3 Å². The molecule has 0 unspecified atom stereocenters. The van der Waals surface area contributed by atoms with Crippen molar-refractivity contribution in [3.63, 3.8) is 0 Å². The van der Waals surface area contributed by atoms with Crippen LogP contribution in [0, 0.1) is 0 Å². The Balaban J connectivity index is 1.61. The quantitative estimate of drug-likeness (QED) is 0.161. The van der Waals surface area contributed by atoms with E-state index in [9.17, 15) is 9.59 Å². The minimum atomic E-state index is -0.0615. The van der Waals surface area contributed by atoms with E-state index in [0.717, 1.165) is 59.2 Å². The van der Waals surface area contributed by atoms with Crippen molar-refractivity contribution in [2.45, 2.75) is 25.7 Å². The van der Waals surface area contributed by atoms with E-state index in [2.05, 4.69) is 17.1 Å². The molecule has 1 aliphatic carbocycles. The third-order valence-electron chi connectivity index (χ3n) is 7.67. The monoisotopic (exact) mass is 533 g/mol. The molecule has 5 aromatic rings. The second-order valence-corrected chi connectivity index (χ2v) is 10.3. The zero-order chi connectivity index (χ0) is 28.0. The number of H-pyrrole nitrogens is 1. The molecule has 1 aromatic heterocycles. The molecule has 1 aliphatic rings. The van der Waals surface area contributed by atoms with Crippen molar-refractivity contribution >= 4 is 22.7 Å². The van der Waals surface area contributed by atoms with Gasteiger partial charge in [-0.25, -0.2) is 0 Å². The standard InChI is InChI=1S/C38H31NO2/c40-35(29-19-9-3-10-20-29)25-32(27-15-5-1-6-16-27)37-31-23-13-14-24-34(31)39-38(37)33(28-17-7-2-8-18-28)26-36(41)30-21-11-4-12-22-30/h1-12,15-22,25-26,39H,13-14,23-24H2. The molecule has 0 atom stereocenters. The van der Waals surface area contributed by atoms with Crippen LogP contribution in [-0.4, -0.2) is 16.6 Å². The lowest BCUT2D eigenvalue weighted by atomic mass is 9.85. The highest BCUT2D eigenvalue weighted by Gasteiger charge is 2.27. The average molecular weight is 534 g/mol. The topological polar surface area (TPSA) is 49.9 Å². The smallest absolute Gasteiger partial charge is 0.186 e. The summed E-state index contributed by atoms with van der Waals surface area (Å²) in [7, 11) is 0. The van der Waals surface area contributed by atoms with Crippen LogP contribution in [0.2, 0.25) is 0 Å². The Hall–Kier alpha value is -5.02. The van der Waals surface area contributed by atoms with Crippen LogP contribution < -0.4 is 0 Å². The number of carbonyl (C=O) groups excluding carboxylic acids is 2. The fourth-order valence-electron chi connectivity index (χ4n) is 5.65. The minimum Gasteiger partial charge on any atom is -0.358 e. The number of carbonyl (C=O) groups is 2. The van der Waals surface area contributed by atoms with Crippen molar-refractivity contribution in [2.75, 3.05) is 0 Å². The molecule has 4 aromatic carbocycles. The Morgan fingerprint density at radius 2 is 0.927 bits per heavy atom. The molecule has 0 aliphatic heterocycles. The molecule has 200 valence electrons. The zero-order valence-electron chi connectivity index (χ0n) is 22.8. The Bertz CT molecular complexity index is 1730. The number of aromatic amines is 1. The lowest BCUT2D eigenvalue weighted by molar-refractivity contribution is 0.103. The van der Waals surface area contributed by atoms with Crippen molar-refractivity contribution in [1.29, 1.82) is 0 Å². The van der Waals surface area contributed by atoms with Gasteiger partial charge in [-0.3, -0.25) is 9.59 Å². The van der Waals surface area contributed by atoms with Crippen molar-refractivity contribution in [3.05, 3.63) is 178 Å². The van der Waals surface area contributed by atoms with E-state index in [1.54, 1.807) is 12.2 Å². The van der Waals surface area contributed by atoms with Gasteiger partial charge in [-0.1, -0.05) is 121 Å². The number of fused-ring (bicyclic) bond motifs is 1. The van der Waals surface area contributed by atoms with Gasteiger partial charge in [-0.05, 0) is 60.1 Å². The first kappa shape index (κ1) is 26.2. The first-order valence-corrected chi connectivity index (χ1v) is 14.2. The number of benzene rings is 4. The number of nitrogens with one attached hydrogen (secondary N) is 1. The lowest BCUT2D eigenvalue weighted by Gasteiger charge is -2.17. The molecule has 0 saturated heterocycles. The molecule has 0 fully saturated rings. The van der Waals surface area contributed by atoms with Crippen LogP contribution in [0.4, 0.5) is 0 Å². The van der Waals surface area contributed by atoms with Crippen LogP contribution >= 0.6 is 0 Å². The molecule has 1 heterocycles. The number of aromatic nitrogens is 1. The van der Waals surface area contributed by atoms with Gasteiger partial charge in [0.25, 0.3) is 0 Å². The highest BCUT2D eigenvalue weighted by atomic mass is 16.1. The minimum absolute atomic E-state index is 0.0493. The van der Waals surface area contributed by atoms with E-state index in [0.29, 0.717) is 11.1 Å². The van der Waals surface area contributed by atoms with Crippen LogP contribution in [-0.2, 0) is 12.8 Å². The summed E-state index contributed by atoms with van der Waals surface area (Å²) in [6.45, 7) is 0. The van der Waals surface area contributed by atoms with Gasteiger partial charge in [0, 0.05) is 28.0 Å². The van der Waals surface area contributed by atoms with Crippen LogP contribution in [0.25, 0.3) is 11.1 Å². The maximum atomic E-state index is 13.7. The summed E-state index contributed by atoms with van der Waals surface area (Å²) in [5.74, 6) is -0.111. The average Bonchev–Trinajstić information content (AvgIpc) is 3.43. The fraction of sp³-hybridized carbons (Fsp3) is 0.105. The van der Waals surface area contributed by atoms with Gasteiger partial charge in [0.15, 0.2) is 11.6 Å². The molecule has 3 nitrogen and oxygen atoms in total. The van der Waals surface area contributed by atoms with Crippen LogP contribution in [0.3, 0.4) is 0 Å². The fourth-order valence-corrected chi connectivity index (χ4v) is 5.65. The van der Waals surface area contributed by atoms with Crippen LogP contribution in [0.15, 0.2) is 133 Å². The molecular weight excluding hydrogens is 502 g/mol. The first-order valence-electron chi connectivity index (χ1n) is 14.2. The third-order valence-corrected chi connectivity index (χ3v) is 7.67. The van der Waals surface area contributed by atoms with Crippen molar-refractivity contribution < 1.29 is 9.59 Å². The molecule has 0 radical (unpaired) electrons. The van der Waals surface area contributed by atoms with E-state index in [4.69, 9.17) is 0 Å². The Morgan fingerprint density at radius 3 is 1.44 bits per heavy atom. The number of hydrogen-bond donors (Lipinski definition) is 1. The zero-order valence-corrected chi connectivity index (χ0v) is 22.8. The summed E-state index contributed by atoms with van der Waals surface area (Å²) < 4.78 is 0. The first-order chi connectivity index (χ1) is 20.2. The van der Waals surface area contributed by atoms with E-state index in [-0.39, 0.29) is 11.6 Å². The summed E-state index contributed by atoms with van der Waals surface area (Å²) in [5.41, 5.74) is 9.17. The highest BCUT2D eigenvalue weighted by molar-refractivity contribution is 6.13. The van der Waals surface area contributed by atoms with Gasteiger partial charge >= 0.3 is 0 Å². The number of rotatable bonds is 8. The third kappa shape index (κ3) is 5.66. The summed E-state index contributed by atoms with van der Waals surface area (Å²) >= 11 is 0. The molecule has 0 bridgehead atoms. The van der Waals surface area contributed by atoms with Crippen molar-refractivity contribution in [3.8, 4) is 0 Å². The largest absolute Gasteiger partial charge is 0.358 e. The van der Waals surface area contributed by atoms with Crippen molar-refractivity contribution in [2.24, 2.45) is 0 Å².